The van der Waals surface area contributed by atoms with Gasteiger partial charge in [0, 0.05) is 30.3 Å². The highest BCUT2D eigenvalue weighted by atomic mass is 19.3. The Morgan fingerprint density at radius 2 is 1.72 bits per heavy atom. The summed E-state index contributed by atoms with van der Waals surface area (Å²) in [4.78, 5) is 11.7. The fraction of sp³-hybridized carbons (Fsp3) is 0.750. The monoisotopic (exact) mass is 754 g/mol. The summed E-state index contributed by atoms with van der Waals surface area (Å²) in [6.45, 7) is 23.2. The molecule has 53 heavy (non-hydrogen) atoms. The molecule has 1 aliphatic heterocycles. The molecule has 9 heteroatoms. The molecule has 1 saturated heterocycles. The van der Waals surface area contributed by atoms with E-state index in [2.05, 4.69) is 59.9 Å². The second-order valence-electron chi connectivity index (χ2n) is 16.4. The van der Waals surface area contributed by atoms with Gasteiger partial charge in [0.1, 0.15) is 0 Å². The highest BCUT2D eigenvalue weighted by Gasteiger charge is 2.49. The second-order valence-corrected chi connectivity index (χ2v) is 16.4. The Morgan fingerprint density at radius 1 is 1.06 bits per heavy atom. The minimum Gasteiger partial charge on any atom is -0.396 e. The standard InChI is InChI=1S/C44H71F4NO4/c1-10-14-36(31(7)16-20-40(30(6)11-2)32(8)15-17-35(13-4)41(49)51)24-37(33(9)23-39(26-50)44(47,48)42(45)46)18-19-38-25-43(22-21-34(38)12-3)52-27-29(5)28-53-43/h13,15-17,20,29-30,33-34,36-40,42,50H,4,7,10-12,14,18-19,21-28H2,1-3,5-6,8-9H3,(H2,49,51). The third-order valence-corrected chi connectivity index (χ3v) is 12.4. The molecular formula is C44H71F4NO4. The summed E-state index contributed by atoms with van der Waals surface area (Å²) in [5.41, 5.74) is 7.82. The number of allylic oxidation sites excluding steroid dienone is 6. The molecule has 8 atom stereocenters. The van der Waals surface area contributed by atoms with Crippen LogP contribution in [0.4, 0.5) is 17.6 Å². The number of ether oxygens (including phenoxy) is 2. The average molecular weight is 754 g/mol. The first kappa shape index (κ1) is 46.9. The molecule has 0 bridgehead atoms. The minimum absolute atomic E-state index is 0.0499. The zero-order chi connectivity index (χ0) is 39.9. The Hall–Kier alpha value is -2.23. The molecule has 1 spiro atoms. The van der Waals surface area contributed by atoms with Crippen molar-refractivity contribution in [2.75, 3.05) is 19.8 Å². The van der Waals surface area contributed by atoms with Crippen LogP contribution in [0.1, 0.15) is 119 Å². The van der Waals surface area contributed by atoms with E-state index < -0.39 is 36.6 Å². The van der Waals surface area contributed by atoms with Crippen molar-refractivity contribution in [3.63, 3.8) is 0 Å². The van der Waals surface area contributed by atoms with Crippen LogP contribution in [-0.4, -0.2) is 49.0 Å². The number of hydrogen-bond donors (Lipinski definition) is 2. The van der Waals surface area contributed by atoms with Gasteiger partial charge in [0.05, 0.1) is 25.7 Å². The maximum atomic E-state index is 14.6. The third kappa shape index (κ3) is 13.8. The number of primary amides is 1. The van der Waals surface area contributed by atoms with Gasteiger partial charge < -0.3 is 20.3 Å². The largest absolute Gasteiger partial charge is 0.396 e. The van der Waals surface area contributed by atoms with Gasteiger partial charge in [-0.05, 0) is 87.0 Å². The molecule has 3 N–H and O–H groups in total. The van der Waals surface area contributed by atoms with Gasteiger partial charge in [-0.2, -0.15) is 8.78 Å². The van der Waals surface area contributed by atoms with Crippen molar-refractivity contribution in [1.29, 1.82) is 0 Å². The Balaban J connectivity index is 2.41. The van der Waals surface area contributed by atoms with Crippen LogP contribution in [0.25, 0.3) is 0 Å². The van der Waals surface area contributed by atoms with Crippen LogP contribution in [0.15, 0.2) is 60.3 Å². The Labute approximate surface area is 318 Å². The minimum atomic E-state index is -4.27. The fourth-order valence-corrected chi connectivity index (χ4v) is 8.52. The molecular weight excluding hydrogens is 682 g/mol. The van der Waals surface area contributed by atoms with Crippen LogP contribution in [0.3, 0.4) is 0 Å². The summed E-state index contributed by atoms with van der Waals surface area (Å²) in [6.07, 6.45) is 13.9. The number of aliphatic hydroxyl groups excluding tert-OH is 1. The summed E-state index contributed by atoms with van der Waals surface area (Å²) < 4.78 is 68.9. The van der Waals surface area contributed by atoms with Gasteiger partial charge in [0.2, 0.25) is 5.91 Å². The molecule has 1 amide bonds. The van der Waals surface area contributed by atoms with E-state index in [4.69, 9.17) is 15.2 Å². The van der Waals surface area contributed by atoms with Crippen molar-refractivity contribution >= 4 is 5.91 Å². The number of amides is 1. The lowest BCUT2D eigenvalue weighted by atomic mass is 9.69. The van der Waals surface area contributed by atoms with Crippen LogP contribution in [0.5, 0.6) is 0 Å². The van der Waals surface area contributed by atoms with Gasteiger partial charge in [0.15, 0.2) is 5.79 Å². The van der Waals surface area contributed by atoms with Crippen LogP contribution < -0.4 is 5.73 Å². The molecule has 2 fully saturated rings. The Morgan fingerprint density at radius 3 is 2.25 bits per heavy atom. The predicted octanol–water partition coefficient (Wildman–Crippen LogP) is 11.2. The third-order valence-electron chi connectivity index (χ3n) is 12.4. The molecule has 1 saturated carbocycles. The van der Waals surface area contributed by atoms with Gasteiger partial charge in [-0.25, -0.2) is 8.78 Å². The predicted molar refractivity (Wildman–Crippen MR) is 208 cm³/mol. The lowest BCUT2D eigenvalue weighted by Crippen LogP contribution is -2.48. The van der Waals surface area contributed by atoms with Crippen molar-refractivity contribution in [2.24, 2.45) is 59.0 Å². The van der Waals surface area contributed by atoms with Crippen LogP contribution in [0, 0.1) is 53.3 Å². The fourth-order valence-electron chi connectivity index (χ4n) is 8.52. The molecule has 1 heterocycles. The maximum absolute atomic E-state index is 14.6. The van der Waals surface area contributed by atoms with E-state index >= 15 is 0 Å². The maximum Gasteiger partial charge on any atom is 0.312 e. The number of aliphatic hydroxyl groups is 1. The van der Waals surface area contributed by atoms with Crippen molar-refractivity contribution in [3.05, 3.63) is 60.3 Å². The molecule has 2 rings (SSSR count). The first-order valence-corrected chi connectivity index (χ1v) is 20.2. The number of hydrogen-bond acceptors (Lipinski definition) is 4. The first-order valence-electron chi connectivity index (χ1n) is 20.2. The molecule has 8 unspecified atom stereocenters. The van der Waals surface area contributed by atoms with E-state index in [0.717, 1.165) is 68.9 Å². The average Bonchev–Trinajstić information content (AvgIpc) is 3.12. The molecule has 1 aliphatic carbocycles. The number of carbonyl (C=O) groups excluding carboxylic acids is 1. The number of rotatable bonds is 23. The molecule has 5 nitrogen and oxygen atoms in total. The second kappa shape index (κ2) is 22.4. The number of alkyl halides is 4. The molecule has 2 aliphatic rings. The van der Waals surface area contributed by atoms with Gasteiger partial charge in [-0.15, -0.1) is 0 Å². The zero-order valence-corrected chi connectivity index (χ0v) is 33.7. The van der Waals surface area contributed by atoms with Crippen molar-refractivity contribution < 1.29 is 36.9 Å². The number of nitrogens with two attached hydrogens (primary N) is 1. The van der Waals surface area contributed by atoms with Crippen LogP contribution >= 0.6 is 0 Å². The van der Waals surface area contributed by atoms with E-state index in [-0.39, 0.29) is 30.1 Å². The summed E-state index contributed by atoms with van der Waals surface area (Å²) in [6, 6.07) is 0. The number of carbonyl (C=O) groups is 1. The summed E-state index contributed by atoms with van der Waals surface area (Å²) >= 11 is 0. The van der Waals surface area contributed by atoms with E-state index in [1.54, 1.807) is 6.08 Å². The van der Waals surface area contributed by atoms with E-state index in [1.165, 1.54) is 6.08 Å². The van der Waals surface area contributed by atoms with E-state index in [9.17, 15) is 27.5 Å². The van der Waals surface area contributed by atoms with Crippen LogP contribution in [0.2, 0.25) is 0 Å². The topological polar surface area (TPSA) is 81.8 Å². The summed E-state index contributed by atoms with van der Waals surface area (Å²) in [5.74, 6) is -5.98. The number of halogens is 4. The van der Waals surface area contributed by atoms with Crippen molar-refractivity contribution in [1.82, 2.24) is 0 Å². The Kier molecular flexibility index (Phi) is 19.8. The van der Waals surface area contributed by atoms with Crippen molar-refractivity contribution in [3.8, 4) is 0 Å². The molecule has 0 aromatic rings. The van der Waals surface area contributed by atoms with E-state index in [1.807, 2.05) is 19.9 Å². The Bertz CT molecular complexity index is 1240. The highest BCUT2D eigenvalue weighted by molar-refractivity contribution is 5.94. The molecule has 0 aromatic heterocycles. The SMILES string of the molecule is C=CC(=CC=C(C)C(C=CC(=C)C(CCC)CC(CCC1CC2(CCC1CC)OCC(C)CO2)C(C)CC(CO)C(F)(F)C(F)F)C(C)CC)C(N)=O. The quantitative estimate of drug-likeness (QED) is 0.0618. The van der Waals surface area contributed by atoms with Gasteiger partial charge >= 0.3 is 12.3 Å². The smallest absolute Gasteiger partial charge is 0.312 e. The zero-order valence-electron chi connectivity index (χ0n) is 33.7. The first-order chi connectivity index (χ1) is 25.0. The highest BCUT2D eigenvalue weighted by Crippen LogP contribution is 2.47. The van der Waals surface area contributed by atoms with Crippen LogP contribution in [-0.2, 0) is 14.3 Å². The molecule has 304 valence electrons. The van der Waals surface area contributed by atoms with E-state index in [0.29, 0.717) is 48.9 Å². The van der Waals surface area contributed by atoms with Gasteiger partial charge in [0.25, 0.3) is 0 Å². The lowest BCUT2D eigenvalue weighted by molar-refractivity contribution is -0.303. The van der Waals surface area contributed by atoms with Gasteiger partial charge in [-0.1, -0.05) is 109 Å². The summed E-state index contributed by atoms with van der Waals surface area (Å²) in [5, 5.41) is 9.90. The lowest BCUT2D eigenvalue weighted by Gasteiger charge is -2.47. The molecule has 0 radical (unpaired) electrons. The normalized spacial score (nSPS) is 26.7. The van der Waals surface area contributed by atoms with Crippen molar-refractivity contribution in [2.45, 2.75) is 137 Å². The van der Waals surface area contributed by atoms with Gasteiger partial charge in [-0.3, -0.25) is 4.79 Å². The molecule has 0 aromatic carbocycles. The summed E-state index contributed by atoms with van der Waals surface area (Å²) in [7, 11) is 0.